The largest absolute Gasteiger partial charge is 0.281 e. The predicted octanol–water partition coefficient (Wildman–Crippen LogP) is 1.78. The Kier molecular flexibility index (Phi) is 1.66. The van der Waals surface area contributed by atoms with Gasteiger partial charge in [-0.05, 0) is 43.9 Å². The predicted molar refractivity (Wildman–Crippen MR) is 38.0 cm³/mol. The van der Waals surface area contributed by atoms with Crippen molar-refractivity contribution >= 4 is 0 Å². The van der Waals surface area contributed by atoms with Crippen LogP contribution in [0.3, 0.4) is 0 Å². The van der Waals surface area contributed by atoms with Gasteiger partial charge in [-0.1, -0.05) is 0 Å². The van der Waals surface area contributed by atoms with E-state index in [4.69, 9.17) is 5.90 Å². The Bertz CT molecular complexity index is 118. The molecule has 0 amide bonds. The van der Waals surface area contributed by atoms with E-state index in [9.17, 15) is 0 Å². The van der Waals surface area contributed by atoms with Crippen LogP contribution in [0.25, 0.3) is 0 Å². The van der Waals surface area contributed by atoms with Crippen LogP contribution in [0.4, 0.5) is 0 Å². The first-order valence-electron chi connectivity index (χ1n) is 4.22. The summed E-state index contributed by atoms with van der Waals surface area (Å²) in [6.45, 7) is 0. The van der Waals surface area contributed by atoms with Crippen molar-refractivity contribution in [3.8, 4) is 0 Å². The summed E-state index contributed by atoms with van der Waals surface area (Å²) in [4.78, 5) is 4.68. The van der Waals surface area contributed by atoms with Crippen LogP contribution in [0, 0.1) is 11.8 Å². The minimum atomic E-state index is 0.285. The Morgan fingerprint density at radius 2 is 1.80 bits per heavy atom. The highest BCUT2D eigenvalue weighted by Gasteiger charge is 2.35. The van der Waals surface area contributed by atoms with Gasteiger partial charge in [0.15, 0.2) is 0 Å². The van der Waals surface area contributed by atoms with Gasteiger partial charge in [0.25, 0.3) is 0 Å². The van der Waals surface area contributed by atoms with Crippen LogP contribution in [0.1, 0.15) is 32.1 Å². The van der Waals surface area contributed by atoms with Crippen LogP contribution >= 0.6 is 0 Å². The van der Waals surface area contributed by atoms with E-state index in [2.05, 4.69) is 4.84 Å². The van der Waals surface area contributed by atoms with Crippen molar-refractivity contribution in [1.82, 2.24) is 5.90 Å². The molecule has 0 aromatic heterocycles. The smallest absolute Gasteiger partial charge is 0.0838 e. The van der Waals surface area contributed by atoms with Gasteiger partial charge in [0.2, 0.25) is 0 Å². The van der Waals surface area contributed by atoms with Crippen molar-refractivity contribution < 1.29 is 4.84 Å². The summed E-state index contributed by atoms with van der Waals surface area (Å²) < 4.78 is 0. The molecule has 2 nitrogen and oxygen atoms in total. The molecule has 0 saturated heterocycles. The molecule has 3 rings (SSSR count). The molecular weight excluding hydrogens is 126 g/mol. The molecule has 3 saturated carbocycles. The second-order valence-corrected chi connectivity index (χ2v) is 3.67. The maximum atomic E-state index is 6.85. The van der Waals surface area contributed by atoms with Crippen molar-refractivity contribution in [3.63, 3.8) is 0 Å². The van der Waals surface area contributed by atoms with E-state index < -0.39 is 0 Å². The molecule has 0 aromatic carbocycles. The third kappa shape index (κ3) is 0.956. The number of hydrogen-bond donors (Lipinski definition) is 0. The molecule has 2 bridgehead atoms. The highest BCUT2D eigenvalue weighted by molar-refractivity contribution is 4.86. The molecule has 1 unspecified atom stereocenters. The second-order valence-electron chi connectivity index (χ2n) is 3.67. The summed E-state index contributed by atoms with van der Waals surface area (Å²) in [5.41, 5.74) is 0. The van der Waals surface area contributed by atoms with Gasteiger partial charge in [-0.15, -0.1) is 5.90 Å². The number of hydrogen-bond acceptors (Lipinski definition) is 1. The zero-order chi connectivity index (χ0) is 6.97. The van der Waals surface area contributed by atoms with Crippen molar-refractivity contribution in [2.24, 2.45) is 11.8 Å². The Labute approximate surface area is 61.7 Å². The fourth-order valence-electron chi connectivity index (χ4n) is 2.46. The summed E-state index contributed by atoms with van der Waals surface area (Å²) in [5, 5.41) is 0. The minimum absolute atomic E-state index is 0.285. The van der Waals surface area contributed by atoms with Gasteiger partial charge >= 0.3 is 0 Å². The van der Waals surface area contributed by atoms with Crippen LogP contribution in [0.2, 0.25) is 0 Å². The van der Waals surface area contributed by atoms with E-state index in [0.717, 1.165) is 18.3 Å². The molecule has 1 atom stereocenters. The van der Waals surface area contributed by atoms with E-state index in [1.807, 2.05) is 0 Å². The fourth-order valence-corrected chi connectivity index (χ4v) is 2.46. The summed E-state index contributed by atoms with van der Waals surface area (Å²) in [6, 6.07) is 0. The zero-order valence-electron chi connectivity index (χ0n) is 6.18. The molecule has 1 radical (unpaired) electrons. The fraction of sp³-hybridized carbons (Fsp3) is 1.00. The first-order valence-corrected chi connectivity index (χ1v) is 4.22. The maximum Gasteiger partial charge on any atom is 0.0838 e. The highest BCUT2D eigenvalue weighted by Crippen LogP contribution is 2.42. The quantitative estimate of drug-likeness (QED) is 0.511. The van der Waals surface area contributed by atoms with Gasteiger partial charge in [0.05, 0.1) is 6.10 Å². The van der Waals surface area contributed by atoms with Crippen LogP contribution in [0.15, 0.2) is 0 Å². The first kappa shape index (κ1) is 6.62. The summed E-state index contributed by atoms with van der Waals surface area (Å²) in [5.74, 6) is 8.47. The van der Waals surface area contributed by atoms with Crippen LogP contribution in [0.5, 0.6) is 0 Å². The second kappa shape index (κ2) is 2.51. The average molecular weight is 140 g/mol. The van der Waals surface area contributed by atoms with Crippen molar-refractivity contribution in [2.45, 2.75) is 38.2 Å². The lowest BCUT2D eigenvalue weighted by Gasteiger charge is -2.40. The molecule has 0 aliphatic heterocycles. The summed E-state index contributed by atoms with van der Waals surface area (Å²) >= 11 is 0. The van der Waals surface area contributed by atoms with E-state index in [1.54, 1.807) is 0 Å². The Morgan fingerprint density at radius 1 is 1.10 bits per heavy atom. The van der Waals surface area contributed by atoms with Gasteiger partial charge in [-0.25, -0.2) is 0 Å². The molecule has 3 aliphatic rings. The zero-order valence-corrected chi connectivity index (χ0v) is 6.18. The first-order chi connectivity index (χ1) is 4.90. The number of fused-ring (bicyclic) bond motifs is 3. The molecule has 0 heterocycles. The van der Waals surface area contributed by atoms with E-state index in [-0.39, 0.29) is 6.10 Å². The Morgan fingerprint density at radius 3 is 2.10 bits per heavy atom. The average Bonchev–Trinajstić information content (AvgIpc) is 2.06. The summed E-state index contributed by atoms with van der Waals surface area (Å²) in [6.07, 6.45) is 6.86. The molecule has 1 N–H and O–H groups in total. The third-order valence-electron chi connectivity index (χ3n) is 3.13. The monoisotopic (exact) mass is 140 g/mol. The minimum Gasteiger partial charge on any atom is -0.281 e. The van der Waals surface area contributed by atoms with Crippen molar-refractivity contribution in [2.75, 3.05) is 0 Å². The lowest BCUT2D eigenvalue weighted by Crippen LogP contribution is -2.36. The molecule has 2 heteroatoms. The van der Waals surface area contributed by atoms with Crippen LogP contribution in [-0.4, -0.2) is 6.10 Å². The van der Waals surface area contributed by atoms with E-state index in [1.165, 1.54) is 25.7 Å². The van der Waals surface area contributed by atoms with Gasteiger partial charge in [0, 0.05) is 0 Å². The number of rotatable bonds is 1. The summed E-state index contributed by atoms with van der Waals surface area (Å²) in [7, 11) is 0. The topological polar surface area (TPSA) is 33.0 Å². The number of nitrogens with one attached hydrogen (secondary N) is 1. The van der Waals surface area contributed by atoms with E-state index in [0.29, 0.717) is 0 Å². The Balaban J connectivity index is 2.01. The SMILES string of the molecule is [NH]OC1CC2CCC1CC2. The molecule has 3 fully saturated rings. The van der Waals surface area contributed by atoms with Gasteiger partial charge in [-0.3, -0.25) is 4.84 Å². The van der Waals surface area contributed by atoms with Gasteiger partial charge in [0.1, 0.15) is 0 Å². The standard InChI is InChI=1S/C8H14NO/c9-10-8-5-6-1-3-7(8)4-2-6/h6-9H,1-5H2. The lowest BCUT2D eigenvalue weighted by molar-refractivity contribution is -0.0651. The van der Waals surface area contributed by atoms with Gasteiger partial charge in [-0.2, -0.15) is 0 Å². The van der Waals surface area contributed by atoms with Crippen LogP contribution < -0.4 is 5.90 Å². The lowest BCUT2D eigenvalue weighted by atomic mass is 9.69. The van der Waals surface area contributed by atoms with Crippen molar-refractivity contribution in [3.05, 3.63) is 0 Å². The normalized spacial score (nSPS) is 45.9. The van der Waals surface area contributed by atoms with Gasteiger partial charge < -0.3 is 0 Å². The maximum absolute atomic E-state index is 6.85. The molecule has 3 aliphatic carbocycles. The molecule has 57 valence electrons. The Hall–Kier alpha value is -0.0800. The molecular formula is C8H14NO. The third-order valence-corrected chi connectivity index (χ3v) is 3.13. The van der Waals surface area contributed by atoms with Crippen molar-refractivity contribution in [1.29, 1.82) is 0 Å². The molecule has 0 aromatic rings. The molecule has 10 heavy (non-hydrogen) atoms. The highest BCUT2D eigenvalue weighted by atomic mass is 16.6. The van der Waals surface area contributed by atoms with E-state index >= 15 is 0 Å². The molecule has 0 spiro atoms. The van der Waals surface area contributed by atoms with Crippen LogP contribution in [-0.2, 0) is 4.84 Å².